The summed E-state index contributed by atoms with van der Waals surface area (Å²) in [5.74, 6) is -1.22. The topological polar surface area (TPSA) is 127 Å². The summed E-state index contributed by atoms with van der Waals surface area (Å²) in [5.41, 5.74) is 0.924. The van der Waals surface area contributed by atoms with Crippen LogP contribution in [0.1, 0.15) is 26.3 Å². The Morgan fingerprint density at radius 2 is 1.43 bits per heavy atom. The first-order chi connectivity index (χ1) is 16.7. The van der Waals surface area contributed by atoms with Crippen LogP contribution in [0.5, 0.6) is 11.5 Å². The summed E-state index contributed by atoms with van der Waals surface area (Å²) in [6, 6.07) is 15.5. The average molecular weight is 488 g/mol. The molecule has 1 fully saturated rings. The minimum Gasteiger partial charge on any atom is -0.461 e. The van der Waals surface area contributed by atoms with Gasteiger partial charge in [-0.1, -0.05) is 30.3 Å². The summed E-state index contributed by atoms with van der Waals surface area (Å²) < 4.78 is 33.1. The molecule has 10 nitrogen and oxygen atoms in total. The predicted molar refractivity (Wildman–Crippen MR) is 120 cm³/mol. The Balaban J connectivity index is 1.78. The molecule has 1 aliphatic heterocycles. The van der Waals surface area contributed by atoms with E-state index >= 15 is 0 Å². The Bertz CT molecular complexity index is 991. The molecule has 5 atom stereocenters. The lowest BCUT2D eigenvalue weighted by Gasteiger charge is -2.42. The molecular formula is C25H28O10. The highest BCUT2D eigenvalue weighted by atomic mass is 16.7. The van der Waals surface area contributed by atoms with Gasteiger partial charge in [0.25, 0.3) is 0 Å². The standard InChI is InChI=1S/C25H28O10/c1-15(26)31-19-9-11-20(12-10-19)34-25-24(33-17(3)28)23(32-16(2)27)22(29)21(35-25)14-30-13-18-7-5-4-6-8-18/h4-12,21-25,29H,13-14H2,1-3H3/t21-,22-,23+,24-,25-/m1/s1. The smallest absolute Gasteiger partial charge is 0.308 e. The van der Waals surface area contributed by atoms with Crippen LogP contribution in [-0.4, -0.2) is 60.3 Å². The van der Waals surface area contributed by atoms with Gasteiger partial charge in [0.2, 0.25) is 12.4 Å². The molecule has 1 N–H and O–H groups in total. The second-order valence-electron chi connectivity index (χ2n) is 7.87. The zero-order valence-corrected chi connectivity index (χ0v) is 19.6. The molecule has 10 heteroatoms. The molecule has 188 valence electrons. The zero-order chi connectivity index (χ0) is 25.4. The number of ether oxygens (including phenoxy) is 6. The van der Waals surface area contributed by atoms with Crippen LogP contribution < -0.4 is 9.47 Å². The first-order valence-corrected chi connectivity index (χ1v) is 11.0. The molecule has 1 saturated heterocycles. The third-order valence-corrected chi connectivity index (χ3v) is 4.95. The molecule has 0 amide bonds. The highest BCUT2D eigenvalue weighted by molar-refractivity contribution is 5.69. The van der Waals surface area contributed by atoms with Crippen molar-refractivity contribution in [3.05, 3.63) is 60.2 Å². The number of carbonyl (C=O) groups excluding carboxylic acids is 3. The molecule has 0 spiro atoms. The second-order valence-corrected chi connectivity index (χ2v) is 7.87. The van der Waals surface area contributed by atoms with Gasteiger partial charge in [0.15, 0.2) is 6.10 Å². The molecule has 35 heavy (non-hydrogen) atoms. The minimum absolute atomic E-state index is 0.0497. The van der Waals surface area contributed by atoms with Gasteiger partial charge < -0.3 is 33.5 Å². The molecule has 0 bridgehead atoms. The van der Waals surface area contributed by atoms with Gasteiger partial charge in [-0.3, -0.25) is 14.4 Å². The fraction of sp³-hybridized carbons (Fsp3) is 0.400. The molecule has 0 aliphatic carbocycles. The van der Waals surface area contributed by atoms with E-state index in [1.807, 2.05) is 30.3 Å². The molecule has 0 radical (unpaired) electrons. The summed E-state index contributed by atoms with van der Waals surface area (Å²) >= 11 is 0. The van der Waals surface area contributed by atoms with E-state index in [0.29, 0.717) is 11.5 Å². The van der Waals surface area contributed by atoms with E-state index < -0.39 is 48.6 Å². The number of hydrogen-bond acceptors (Lipinski definition) is 10. The van der Waals surface area contributed by atoms with Gasteiger partial charge in [-0.05, 0) is 29.8 Å². The van der Waals surface area contributed by atoms with Gasteiger partial charge in [-0.25, -0.2) is 0 Å². The SMILES string of the molecule is CC(=O)Oc1ccc(O[C@@H]2O[C@H](COCc3ccccc3)[C@@H](O)[C@H](OC(C)=O)[C@H]2OC(C)=O)cc1. The van der Waals surface area contributed by atoms with Gasteiger partial charge in [-0.15, -0.1) is 0 Å². The number of aliphatic hydroxyl groups is 1. The number of rotatable bonds is 9. The van der Waals surface area contributed by atoms with E-state index in [0.717, 1.165) is 5.56 Å². The molecule has 0 aromatic heterocycles. The molecule has 1 aliphatic rings. The molecule has 2 aromatic carbocycles. The van der Waals surface area contributed by atoms with Crippen LogP contribution in [0.4, 0.5) is 0 Å². The van der Waals surface area contributed by atoms with E-state index in [-0.39, 0.29) is 13.2 Å². The Kier molecular flexibility index (Phi) is 9.18. The minimum atomic E-state index is -1.36. The Hall–Kier alpha value is -3.47. The van der Waals surface area contributed by atoms with Gasteiger partial charge in [-0.2, -0.15) is 0 Å². The Morgan fingerprint density at radius 3 is 2.03 bits per heavy atom. The molecule has 1 heterocycles. The third kappa shape index (κ3) is 7.78. The first-order valence-electron chi connectivity index (χ1n) is 11.0. The predicted octanol–water partition coefficient (Wildman–Crippen LogP) is 2.16. The average Bonchev–Trinajstić information content (AvgIpc) is 2.80. The maximum Gasteiger partial charge on any atom is 0.308 e. The van der Waals surface area contributed by atoms with Gasteiger partial charge in [0, 0.05) is 20.8 Å². The molecule has 0 saturated carbocycles. The highest BCUT2D eigenvalue weighted by Crippen LogP contribution is 2.30. The van der Waals surface area contributed by atoms with E-state index in [4.69, 9.17) is 28.4 Å². The highest BCUT2D eigenvalue weighted by Gasteiger charge is 2.50. The number of esters is 3. The lowest BCUT2D eigenvalue weighted by Crippen LogP contribution is -2.62. The van der Waals surface area contributed by atoms with Crippen LogP contribution in [-0.2, 0) is 39.9 Å². The van der Waals surface area contributed by atoms with Crippen molar-refractivity contribution in [2.75, 3.05) is 6.61 Å². The van der Waals surface area contributed by atoms with Crippen molar-refractivity contribution in [3.8, 4) is 11.5 Å². The van der Waals surface area contributed by atoms with Gasteiger partial charge in [0.1, 0.15) is 23.7 Å². The Labute approximate surface area is 202 Å². The van der Waals surface area contributed by atoms with Crippen LogP contribution in [0.2, 0.25) is 0 Å². The Morgan fingerprint density at radius 1 is 0.829 bits per heavy atom. The maximum atomic E-state index is 11.8. The van der Waals surface area contributed by atoms with Gasteiger partial charge in [0.05, 0.1) is 13.2 Å². The fourth-order valence-electron chi connectivity index (χ4n) is 3.52. The van der Waals surface area contributed by atoms with Crippen LogP contribution in [0.15, 0.2) is 54.6 Å². The maximum absolute atomic E-state index is 11.8. The molecule has 0 unspecified atom stereocenters. The summed E-state index contributed by atoms with van der Waals surface area (Å²) in [4.78, 5) is 34.7. The number of carbonyl (C=O) groups is 3. The van der Waals surface area contributed by atoms with Gasteiger partial charge >= 0.3 is 17.9 Å². The van der Waals surface area contributed by atoms with Crippen molar-refractivity contribution in [1.29, 1.82) is 0 Å². The normalized spacial score (nSPS) is 23.7. The third-order valence-electron chi connectivity index (χ3n) is 4.95. The number of aliphatic hydroxyl groups excluding tert-OH is 1. The van der Waals surface area contributed by atoms with Crippen LogP contribution in [0.25, 0.3) is 0 Å². The van der Waals surface area contributed by atoms with Crippen LogP contribution in [0, 0.1) is 0 Å². The molecule has 3 rings (SSSR count). The fourth-order valence-corrected chi connectivity index (χ4v) is 3.52. The summed E-state index contributed by atoms with van der Waals surface area (Å²) in [6.45, 7) is 3.85. The number of benzene rings is 2. The summed E-state index contributed by atoms with van der Waals surface area (Å²) in [6.07, 6.45) is -6.08. The number of hydrogen-bond donors (Lipinski definition) is 1. The van der Waals surface area contributed by atoms with Crippen molar-refractivity contribution >= 4 is 17.9 Å². The van der Waals surface area contributed by atoms with Crippen molar-refractivity contribution in [2.45, 2.75) is 58.1 Å². The zero-order valence-electron chi connectivity index (χ0n) is 19.6. The summed E-state index contributed by atoms with van der Waals surface area (Å²) in [7, 11) is 0. The quantitative estimate of drug-likeness (QED) is 0.414. The van der Waals surface area contributed by atoms with Crippen molar-refractivity contribution in [3.63, 3.8) is 0 Å². The van der Waals surface area contributed by atoms with E-state index in [1.165, 1.54) is 45.0 Å². The van der Waals surface area contributed by atoms with Crippen LogP contribution >= 0.6 is 0 Å². The van der Waals surface area contributed by atoms with Crippen molar-refractivity contribution in [1.82, 2.24) is 0 Å². The van der Waals surface area contributed by atoms with Crippen molar-refractivity contribution < 1.29 is 47.9 Å². The van der Waals surface area contributed by atoms with E-state index in [2.05, 4.69) is 0 Å². The van der Waals surface area contributed by atoms with E-state index in [1.54, 1.807) is 0 Å². The first kappa shape index (κ1) is 26.1. The molecular weight excluding hydrogens is 460 g/mol. The lowest BCUT2D eigenvalue weighted by atomic mass is 9.98. The van der Waals surface area contributed by atoms with E-state index in [9.17, 15) is 19.5 Å². The van der Waals surface area contributed by atoms with Crippen molar-refractivity contribution in [2.24, 2.45) is 0 Å². The monoisotopic (exact) mass is 488 g/mol. The van der Waals surface area contributed by atoms with Crippen LogP contribution in [0.3, 0.4) is 0 Å². The summed E-state index contributed by atoms with van der Waals surface area (Å²) in [5, 5.41) is 10.9. The second kappa shape index (κ2) is 12.3. The lowest BCUT2D eigenvalue weighted by molar-refractivity contribution is -0.287. The largest absolute Gasteiger partial charge is 0.461 e. The molecule has 2 aromatic rings.